The van der Waals surface area contributed by atoms with Gasteiger partial charge >= 0.3 is 0 Å². The molecule has 0 aliphatic rings. The number of nitrogens with one attached hydrogen (secondary N) is 1. The molecule has 0 fully saturated rings. The Bertz CT molecular complexity index is 595. The van der Waals surface area contributed by atoms with E-state index in [-0.39, 0.29) is 17.4 Å². The van der Waals surface area contributed by atoms with Gasteiger partial charge in [0.05, 0.1) is 17.7 Å². The number of nitrogens with zero attached hydrogens (tertiary/aromatic N) is 3. The molecule has 1 unspecified atom stereocenters. The van der Waals surface area contributed by atoms with E-state index >= 15 is 0 Å². The van der Waals surface area contributed by atoms with Crippen LogP contribution in [0.2, 0.25) is 0 Å². The SMILES string of the molecule is CCCNc1ccncc1S(=O)(=O)N(CC)CC(C)C#N. The molecule has 0 spiro atoms. The third-order valence-electron chi connectivity index (χ3n) is 3.02. The van der Waals surface area contributed by atoms with Crippen LogP contribution in [0.15, 0.2) is 23.4 Å². The first-order valence-corrected chi connectivity index (χ1v) is 8.49. The quantitative estimate of drug-likeness (QED) is 0.794. The molecule has 6 nitrogen and oxygen atoms in total. The zero-order chi connectivity index (χ0) is 15.9. The molecule has 0 bridgehead atoms. The van der Waals surface area contributed by atoms with Gasteiger partial charge in [-0.15, -0.1) is 0 Å². The zero-order valence-electron chi connectivity index (χ0n) is 12.7. The number of aromatic nitrogens is 1. The highest BCUT2D eigenvalue weighted by Crippen LogP contribution is 2.24. The zero-order valence-corrected chi connectivity index (χ0v) is 13.5. The second-order valence-corrected chi connectivity index (χ2v) is 6.69. The summed E-state index contributed by atoms with van der Waals surface area (Å²) in [4.78, 5) is 4.08. The summed E-state index contributed by atoms with van der Waals surface area (Å²) in [6, 6.07) is 3.72. The fourth-order valence-corrected chi connectivity index (χ4v) is 3.52. The second kappa shape index (κ2) is 7.96. The molecule has 1 aromatic rings. The highest BCUT2D eigenvalue weighted by Gasteiger charge is 2.27. The standard InChI is InChI=1S/C14H22N4O2S/c1-4-7-17-13-6-8-16-10-14(13)21(19,20)18(5-2)11-12(3)9-15/h6,8,10,12H,4-5,7,11H2,1-3H3,(H,16,17). The molecule has 0 saturated carbocycles. The van der Waals surface area contributed by atoms with E-state index in [0.29, 0.717) is 18.8 Å². The number of hydrogen-bond donors (Lipinski definition) is 1. The first-order valence-electron chi connectivity index (χ1n) is 7.05. The van der Waals surface area contributed by atoms with E-state index in [1.165, 1.54) is 10.5 Å². The van der Waals surface area contributed by atoms with Crippen LogP contribution in [0.5, 0.6) is 0 Å². The van der Waals surface area contributed by atoms with E-state index in [9.17, 15) is 8.42 Å². The lowest BCUT2D eigenvalue weighted by molar-refractivity contribution is 0.400. The third kappa shape index (κ3) is 4.41. The summed E-state index contributed by atoms with van der Waals surface area (Å²) in [6.45, 7) is 6.66. The predicted octanol–water partition coefficient (Wildman–Crippen LogP) is 2.07. The highest BCUT2D eigenvalue weighted by molar-refractivity contribution is 7.89. The average Bonchev–Trinajstić information content (AvgIpc) is 2.50. The Labute approximate surface area is 126 Å². The molecule has 1 atom stereocenters. The van der Waals surface area contributed by atoms with Gasteiger partial charge < -0.3 is 5.32 Å². The summed E-state index contributed by atoms with van der Waals surface area (Å²) in [7, 11) is -3.66. The molecule has 0 aromatic carbocycles. The molecular weight excluding hydrogens is 288 g/mol. The highest BCUT2D eigenvalue weighted by atomic mass is 32.2. The molecule has 1 heterocycles. The molecule has 21 heavy (non-hydrogen) atoms. The average molecular weight is 310 g/mol. The van der Waals surface area contributed by atoms with E-state index in [1.807, 2.05) is 6.92 Å². The van der Waals surface area contributed by atoms with Crippen molar-refractivity contribution in [2.24, 2.45) is 5.92 Å². The van der Waals surface area contributed by atoms with Crippen LogP contribution in [0.1, 0.15) is 27.2 Å². The van der Waals surface area contributed by atoms with E-state index in [0.717, 1.165) is 6.42 Å². The van der Waals surface area contributed by atoms with Crippen LogP contribution in [0, 0.1) is 17.2 Å². The molecule has 0 aliphatic heterocycles. The van der Waals surface area contributed by atoms with E-state index in [2.05, 4.69) is 16.4 Å². The molecule has 116 valence electrons. The Balaban J connectivity index is 3.14. The summed E-state index contributed by atoms with van der Waals surface area (Å²) in [5, 5.41) is 12.0. The van der Waals surface area contributed by atoms with Crippen molar-refractivity contribution < 1.29 is 8.42 Å². The van der Waals surface area contributed by atoms with Crippen molar-refractivity contribution in [1.29, 1.82) is 5.26 Å². The van der Waals surface area contributed by atoms with Crippen LogP contribution in [0.3, 0.4) is 0 Å². The van der Waals surface area contributed by atoms with Crippen LogP contribution in [0.25, 0.3) is 0 Å². The first-order chi connectivity index (χ1) is 9.97. The maximum Gasteiger partial charge on any atom is 0.246 e. The van der Waals surface area contributed by atoms with Crippen LogP contribution in [-0.4, -0.2) is 37.3 Å². The van der Waals surface area contributed by atoms with Gasteiger partial charge in [0.15, 0.2) is 0 Å². The van der Waals surface area contributed by atoms with E-state index in [4.69, 9.17) is 5.26 Å². The summed E-state index contributed by atoms with van der Waals surface area (Å²) >= 11 is 0. The summed E-state index contributed by atoms with van der Waals surface area (Å²) in [6.07, 6.45) is 3.81. The summed E-state index contributed by atoms with van der Waals surface area (Å²) in [5.74, 6) is -0.358. The van der Waals surface area contributed by atoms with Gasteiger partial charge in [0.25, 0.3) is 0 Å². The van der Waals surface area contributed by atoms with Gasteiger partial charge in [0.2, 0.25) is 10.0 Å². The first kappa shape index (κ1) is 17.4. The Morgan fingerprint density at radius 3 is 2.76 bits per heavy atom. The Kier molecular flexibility index (Phi) is 6.59. The molecular formula is C14H22N4O2S. The van der Waals surface area contributed by atoms with Crippen molar-refractivity contribution in [2.45, 2.75) is 32.1 Å². The number of anilines is 1. The lowest BCUT2D eigenvalue weighted by Crippen LogP contribution is -2.34. The molecule has 7 heteroatoms. The Morgan fingerprint density at radius 2 is 2.19 bits per heavy atom. The van der Waals surface area contributed by atoms with Gasteiger partial charge in [-0.25, -0.2) is 8.42 Å². The molecule has 0 amide bonds. The van der Waals surface area contributed by atoms with Crippen LogP contribution in [0.4, 0.5) is 5.69 Å². The molecule has 1 aromatic heterocycles. The fourth-order valence-electron chi connectivity index (χ4n) is 1.87. The lowest BCUT2D eigenvalue weighted by atomic mass is 10.2. The van der Waals surface area contributed by atoms with Gasteiger partial charge in [0.1, 0.15) is 4.90 Å². The van der Waals surface area contributed by atoms with Crippen LogP contribution < -0.4 is 5.32 Å². The molecule has 1 rings (SSSR count). The maximum absolute atomic E-state index is 12.7. The molecule has 0 saturated heterocycles. The Hall–Kier alpha value is -1.65. The largest absolute Gasteiger partial charge is 0.384 e. The monoisotopic (exact) mass is 310 g/mol. The predicted molar refractivity (Wildman–Crippen MR) is 82.2 cm³/mol. The van der Waals surface area contributed by atoms with Gasteiger partial charge in [-0.05, 0) is 19.4 Å². The molecule has 0 aliphatic carbocycles. The van der Waals surface area contributed by atoms with E-state index in [1.54, 1.807) is 26.1 Å². The minimum atomic E-state index is -3.66. The lowest BCUT2D eigenvalue weighted by Gasteiger charge is -2.22. The third-order valence-corrected chi connectivity index (χ3v) is 4.99. The van der Waals surface area contributed by atoms with Crippen LogP contribution >= 0.6 is 0 Å². The molecule has 1 N–H and O–H groups in total. The number of pyridine rings is 1. The van der Waals surface area contributed by atoms with Crippen molar-refractivity contribution in [3.8, 4) is 6.07 Å². The van der Waals surface area contributed by atoms with Crippen molar-refractivity contribution in [1.82, 2.24) is 9.29 Å². The smallest absolute Gasteiger partial charge is 0.246 e. The van der Waals surface area contributed by atoms with E-state index < -0.39 is 10.0 Å². The minimum Gasteiger partial charge on any atom is -0.384 e. The van der Waals surface area contributed by atoms with Gasteiger partial charge in [-0.1, -0.05) is 13.8 Å². The number of hydrogen-bond acceptors (Lipinski definition) is 5. The number of sulfonamides is 1. The van der Waals surface area contributed by atoms with Crippen molar-refractivity contribution >= 4 is 15.7 Å². The normalized spacial score (nSPS) is 12.9. The van der Waals surface area contributed by atoms with Crippen LogP contribution in [-0.2, 0) is 10.0 Å². The maximum atomic E-state index is 12.7. The van der Waals surface area contributed by atoms with Gasteiger partial charge in [-0.2, -0.15) is 9.57 Å². The minimum absolute atomic E-state index is 0.158. The number of nitriles is 1. The van der Waals surface area contributed by atoms with Gasteiger partial charge in [0, 0.05) is 32.0 Å². The summed E-state index contributed by atoms with van der Waals surface area (Å²) in [5.41, 5.74) is 0.551. The fraction of sp³-hybridized carbons (Fsp3) is 0.571. The van der Waals surface area contributed by atoms with Crippen molar-refractivity contribution in [3.05, 3.63) is 18.5 Å². The number of rotatable bonds is 8. The second-order valence-electron chi connectivity index (χ2n) is 4.78. The Morgan fingerprint density at radius 1 is 1.48 bits per heavy atom. The molecule has 0 radical (unpaired) electrons. The topological polar surface area (TPSA) is 86.1 Å². The van der Waals surface area contributed by atoms with Crippen molar-refractivity contribution in [3.63, 3.8) is 0 Å². The summed E-state index contributed by atoms with van der Waals surface area (Å²) < 4.78 is 26.8. The van der Waals surface area contributed by atoms with Gasteiger partial charge in [-0.3, -0.25) is 4.98 Å². The van der Waals surface area contributed by atoms with Crippen molar-refractivity contribution in [2.75, 3.05) is 25.0 Å².